The van der Waals surface area contributed by atoms with E-state index in [0.29, 0.717) is 17.0 Å². The normalized spacial score (nSPS) is 10.9. The van der Waals surface area contributed by atoms with E-state index in [9.17, 15) is 28.3 Å². The van der Waals surface area contributed by atoms with Gasteiger partial charge in [0.25, 0.3) is 5.56 Å². The lowest BCUT2D eigenvalue weighted by molar-refractivity contribution is 0.282. The topological polar surface area (TPSA) is 75.2 Å². The van der Waals surface area contributed by atoms with Crippen molar-refractivity contribution in [3.05, 3.63) is 93.7 Å². The molecule has 0 radical (unpaired) electrons. The maximum absolute atomic E-state index is 14.0. The first-order valence-electron chi connectivity index (χ1n) is 9.40. The molecular formula is C24H15F3N2O3. The van der Waals surface area contributed by atoms with Crippen LogP contribution < -0.4 is 10.3 Å². The quantitative estimate of drug-likeness (QED) is 0.480. The summed E-state index contributed by atoms with van der Waals surface area (Å²) in [7, 11) is 1.49. The molecule has 1 heterocycles. The van der Waals surface area contributed by atoms with E-state index in [2.05, 4.69) is 0 Å². The summed E-state index contributed by atoms with van der Waals surface area (Å²) >= 11 is 0. The molecular weight excluding hydrogens is 421 g/mol. The van der Waals surface area contributed by atoms with E-state index in [1.807, 2.05) is 6.07 Å². The van der Waals surface area contributed by atoms with Gasteiger partial charge < -0.3 is 9.84 Å². The van der Waals surface area contributed by atoms with Crippen molar-refractivity contribution in [2.45, 2.75) is 6.61 Å². The second-order valence-corrected chi connectivity index (χ2v) is 7.01. The zero-order valence-corrected chi connectivity index (χ0v) is 16.7. The first kappa shape index (κ1) is 21.2. The highest BCUT2D eigenvalue weighted by atomic mass is 19.2. The molecule has 32 heavy (non-hydrogen) atoms. The Kier molecular flexibility index (Phi) is 5.43. The monoisotopic (exact) mass is 436 g/mol. The van der Waals surface area contributed by atoms with Gasteiger partial charge in [0.2, 0.25) is 0 Å². The van der Waals surface area contributed by atoms with Gasteiger partial charge in [-0.25, -0.2) is 13.2 Å². The van der Waals surface area contributed by atoms with Gasteiger partial charge in [0, 0.05) is 17.4 Å². The van der Waals surface area contributed by atoms with Gasteiger partial charge in [-0.1, -0.05) is 0 Å². The van der Waals surface area contributed by atoms with E-state index in [0.717, 1.165) is 12.1 Å². The van der Waals surface area contributed by atoms with E-state index < -0.39 is 29.6 Å². The number of halogens is 3. The third-order valence-electron chi connectivity index (χ3n) is 5.13. The second-order valence-electron chi connectivity index (χ2n) is 7.01. The van der Waals surface area contributed by atoms with Crippen LogP contribution in [0.1, 0.15) is 11.1 Å². The molecule has 3 aromatic carbocycles. The van der Waals surface area contributed by atoms with Gasteiger partial charge in [-0.2, -0.15) is 5.26 Å². The van der Waals surface area contributed by atoms with Crippen molar-refractivity contribution in [2.75, 3.05) is 7.11 Å². The van der Waals surface area contributed by atoms with Gasteiger partial charge in [-0.15, -0.1) is 0 Å². The van der Waals surface area contributed by atoms with Crippen molar-refractivity contribution >= 4 is 10.8 Å². The Balaban J connectivity index is 2.15. The minimum absolute atomic E-state index is 0.00293. The largest absolute Gasteiger partial charge is 0.497 e. The maximum atomic E-state index is 14.0. The molecule has 1 N–H and O–H groups in total. The number of nitriles is 1. The molecule has 0 aliphatic heterocycles. The number of nitrogens with zero attached hydrogens (tertiary/aromatic N) is 2. The van der Waals surface area contributed by atoms with Crippen LogP contribution in [0.15, 0.2) is 59.5 Å². The summed E-state index contributed by atoms with van der Waals surface area (Å²) in [6.45, 7) is -0.419. The van der Waals surface area contributed by atoms with Gasteiger partial charge in [0.15, 0.2) is 17.5 Å². The maximum Gasteiger partial charge on any atom is 0.264 e. The Bertz CT molecular complexity index is 1430. The van der Waals surface area contributed by atoms with Crippen molar-refractivity contribution < 1.29 is 23.0 Å². The summed E-state index contributed by atoms with van der Waals surface area (Å²) in [5.41, 5.74) is 0.339. The summed E-state index contributed by atoms with van der Waals surface area (Å²) in [5.74, 6) is -3.85. The Hall–Kier alpha value is -4.09. The SMILES string of the molecule is COc1ccc(-n2cc(-c3cc(F)c(F)c(F)c3)c3cc(CO)cc(C#N)c3c2=O)cc1. The number of aliphatic hydroxyl groups is 1. The molecule has 0 amide bonds. The first-order chi connectivity index (χ1) is 15.4. The molecule has 0 unspecified atom stereocenters. The number of fused-ring (bicyclic) bond motifs is 1. The molecule has 1 aromatic heterocycles. The first-order valence-corrected chi connectivity index (χ1v) is 9.40. The van der Waals surface area contributed by atoms with Gasteiger partial charge >= 0.3 is 0 Å². The second kappa shape index (κ2) is 8.21. The highest BCUT2D eigenvalue weighted by Gasteiger charge is 2.19. The molecule has 4 rings (SSSR count). The minimum Gasteiger partial charge on any atom is -0.497 e. The van der Waals surface area contributed by atoms with Crippen LogP contribution in [0.4, 0.5) is 13.2 Å². The van der Waals surface area contributed by atoms with Crippen LogP contribution in [-0.4, -0.2) is 16.8 Å². The summed E-state index contributed by atoms with van der Waals surface area (Å²) in [5, 5.41) is 19.4. The Morgan fingerprint density at radius 2 is 1.72 bits per heavy atom. The van der Waals surface area contributed by atoms with Gasteiger partial charge in [-0.05, 0) is 65.0 Å². The standard InChI is InChI=1S/C24H15F3N2O3/c1-32-17-4-2-16(3-5-17)29-11-19(14-8-20(25)23(27)21(26)9-14)18-7-13(12-30)6-15(10-28)22(18)24(29)31/h2-9,11,30H,12H2,1H3. The lowest BCUT2D eigenvalue weighted by atomic mass is 9.95. The summed E-state index contributed by atoms with van der Waals surface area (Å²) < 4.78 is 47.9. The smallest absolute Gasteiger partial charge is 0.264 e. The molecule has 160 valence electrons. The number of rotatable bonds is 4. The van der Waals surface area contributed by atoms with E-state index in [1.54, 1.807) is 24.3 Å². The predicted molar refractivity (Wildman–Crippen MR) is 112 cm³/mol. The Morgan fingerprint density at radius 1 is 1.06 bits per heavy atom. The minimum atomic E-state index is -1.62. The number of hydrogen-bond acceptors (Lipinski definition) is 4. The average Bonchev–Trinajstić information content (AvgIpc) is 2.81. The predicted octanol–water partition coefficient (Wildman–Crippen LogP) is 4.45. The van der Waals surface area contributed by atoms with Crippen molar-refractivity contribution in [1.82, 2.24) is 4.57 Å². The lowest BCUT2D eigenvalue weighted by Crippen LogP contribution is -2.19. The van der Waals surface area contributed by atoms with Crippen LogP contribution in [0.25, 0.3) is 27.6 Å². The third kappa shape index (κ3) is 3.49. The van der Waals surface area contributed by atoms with E-state index in [4.69, 9.17) is 4.74 Å². The Morgan fingerprint density at radius 3 is 2.28 bits per heavy atom. The van der Waals surface area contributed by atoms with Crippen LogP contribution in [0.2, 0.25) is 0 Å². The van der Waals surface area contributed by atoms with E-state index >= 15 is 0 Å². The molecule has 8 heteroatoms. The number of aliphatic hydroxyl groups excluding tert-OH is 1. The van der Waals surface area contributed by atoms with Crippen molar-refractivity contribution in [3.63, 3.8) is 0 Å². The number of ether oxygens (including phenoxy) is 1. The van der Waals surface area contributed by atoms with Crippen LogP contribution in [-0.2, 0) is 6.61 Å². The van der Waals surface area contributed by atoms with Crippen molar-refractivity contribution in [3.8, 4) is 28.6 Å². The zero-order valence-electron chi connectivity index (χ0n) is 16.7. The van der Waals surface area contributed by atoms with Crippen LogP contribution in [0, 0.1) is 28.8 Å². The molecule has 4 aromatic rings. The molecule has 5 nitrogen and oxygen atoms in total. The fraction of sp³-hybridized carbons (Fsp3) is 0.0833. The highest BCUT2D eigenvalue weighted by Crippen LogP contribution is 2.32. The summed E-state index contributed by atoms with van der Waals surface area (Å²) in [6.07, 6.45) is 1.36. The van der Waals surface area contributed by atoms with Gasteiger partial charge in [-0.3, -0.25) is 9.36 Å². The number of benzene rings is 3. The molecule has 0 aliphatic carbocycles. The average molecular weight is 436 g/mol. The molecule has 0 aliphatic rings. The molecule has 0 atom stereocenters. The number of hydrogen-bond donors (Lipinski definition) is 1. The Labute approximate surface area is 180 Å². The molecule has 0 spiro atoms. The van der Waals surface area contributed by atoms with Gasteiger partial charge in [0.1, 0.15) is 5.75 Å². The number of pyridine rings is 1. The summed E-state index contributed by atoms with van der Waals surface area (Å²) in [4.78, 5) is 13.3. The van der Waals surface area contributed by atoms with Crippen molar-refractivity contribution in [2.24, 2.45) is 0 Å². The lowest BCUT2D eigenvalue weighted by Gasteiger charge is -2.15. The molecule has 0 saturated heterocycles. The van der Waals surface area contributed by atoms with Crippen LogP contribution >= 0.6 is 0 Å². The van der Waals surface area contributed by atoms with Crippen LogP contribution in [0.5, 0.6) is 5.75 Å². The summed E-state index contributed by atoms with van der Waals surface area (Å²) in [6, 6.07) is 12.9. The fourth-order valence-corrected chi connectivity index (χ4v) is 3.58. The highest BCUT2D eigenvalue weighted by molar-refractivity contribution is 5.99. The molecule has 0 bridgehead atoms. The fourth-order valence-electron chi connectivity index (χ4n) is 3.58. The molecule has 0 saturated carbocycles. The van der Waals surface area contributed by atoms with Crippen LogP contribution in [0.3, 0.4) is 0 Å². The molecule has 0 fully saturated rings. The third-order valence-corrected chi connectivity index (χ3v) is 5.13. The number of methoxy groups -OCH3 is 1. The zero-order chi connectivity index (χ0) is 23.0. The van der Waals surface area contributed by atoms with Gasteiger partial charge in [0.05, 0.1) is 30.7 Å². The van der Waals surface area contributed by atoms with E-state index in [-0.39, 0.29) is 27.5 Å². The van der Waals surface area contributed by atoms with E-state index in [1.165, 1.54) is 30.0 Å². The van der Waals surface area contributed by atoms with Crippen molar-refractivity contribution in [1.29, 1.82) is 5.26 Å². The number of aromatic nitrogens is 1.